The number of allylic oxidation sites excluding steroid dienone is 4. The van der Waals surface area contributed by atoms with Crippen molar-refractivity contribution in [3.63, 3.8) is 0 Å². The quantitative estimate of drug-likeness (QED) is 0.0603. The molecular formula is C33H63NO4. The summed E-state index contributed by atoms with van der Waals surface area (Å²) in [5, 5.41) is 33.1. The van der Waals surface area contributed by atoms with Crippen LogP contribution in [0.1, 0.15) is 155 Å². The van der Waals surface area contributed by atoms with E-state index in [-0.39, 0.29) is 12.5 Å². The minimum atomic E-state index is -1.15. The Bertz CT molecular complexity index is 563. The molecule has 0 spiro atoms. The summed E-state index contributed by atoms with van der Waals surface area (Å²) in [4.78, 5) is 12.3. The molecule has 0 aromatic carbocycles. The minimum absolute atomic E-state index is 0.164. The maximum atomic E-state index is 12.3. The summed E-state index contributed by atoms with van der Waals surface area (Å²) in [6.45, 7) is 4.08. The second kappa shape index (κ2) is 28.8. The van der Waals surface area contributed by atoms with Gasteiger partial charge in [0.05, 0.1) is 18.8 Å². The van der Waals surface area contributed by atoms with Crippen LogP contribution in [-0.2, 0) is 4.79 Å². The molecule has 0 rings (SSSR count). The lowest BCUT2D eigenvalue weighted by Crippen LogP contribution is -2.50. The van der Waals surface area contributed by atoms with E-state index in [4.69, 9.17) is 0 Å². The highest BCUT2D eigenvalue weighted by Crippen LogP contribution is 2.13. The molecule has 5 heteroatoms. The molecule has 224 valence electrons. The van der Waals surface area contributed by atoms with Gasteiger partial charge in [0.2, 0.25) is 5.91 Å². The van der Waals surface area contributed by atoms with E-state index in [9.17, 15) is 20.1 Å². The van der Waals surface area contributed by atoms with Crippen LogP contribution < -0.4 is 5.32 Å². The van der Waals surface area contributed by atoms with Gasteiger partial charge in [-0.15, -0.1) is 0 Å². The first-order chi connectivity index (χ1) is 18.6. The van der Waals surface area contributed by atoms with Crippen LogP contribution >= 0.6 is 0 Å². The molecule has 3 unspecified atom stereocenters. The van der Waals surface area contributed by atoms with Gasteiger partial charge in [-0.1, -0.05) is 109 Å². The number of rotatable bonds is 28. The lowest BCUT2D eigenvalue weighted by molar-refractivity contribution is -0.124. The Morgan fingerprint density at radius 1 is 0.632 bits per heavy atom. The number of aliphatic hydroxyl groups is 3. The fourth-order valence-corrected chi connectivity index (χ4v) is 4.68. The van der Waals surface area contributed by atoms with Crippen molar-refractivity contribution in [2.45, 2.75) is 173 Å². The summed E-state index contributed by atoms with van der Waals surface area (Å²) in [6, 6.07) is -0.822. The zero-order valence-electron chi connectivity index (χ0n) is 25.1. The van der Waals surface area contributed by atoms with Gasteiger partial charge >= 0.3 is 0 Å². The van der Waals surface area contributed by atoms with E-state index in [1.165, 1.54) is 89.9 Å². The van der Waals surface area contributed by atoms with Crippen LogP contribution in [0.25, 0.3) is 0 Å². The fourth-order valence-electron chi connectivity index (χ4n) is 4.68. The van der Waals surface area contributed by atoms with Crippen molar-refractivity contribution < 1.29 is 20.1 Å². The molecule has 1 amide bonds. The Hall–Kier alpha value is -1.17. The summed E-state index contributed by atoms with van der Waals surface area (Å²) >= 11 is 0. The molecule has 0 saturated heterocycles. The van der Waals surface area contributed by atoms with Crippen molar-refractivity contribution in [3.05, 3.63) is 24.3 Å². The molecule has 0 bridgehead atoms. The van der Waals surface area contributed by atoms with Crippen LogP contribution in [0, 0.1) is 0 Å². The number of unbranched alkanes of at least 4 members (excludes halogenated alkanes) is 16. The number of hydrogen-bond donors (Lipinski definition) is 4. The highest BCUT2D eigenvalue weighted by molar-refractivity contribution is 5.76. The van der Waals surface area contributed by atoms with Crippen LogP contribution in [-0.4, -0.2) is 46.1 Å². The highest BCUT2D eigenvalue weighted by atomic mass is 16.3. The number of carbonyl (C=O) groups excluding carboxylic acids is 1. The monoisotopic (exact) mass is 537 g/mol. The summed E-state index contributed by atoms with van der Waals surface area (Å²) in [6.07, 6.45) is 31.2. The molecule has 0 radical (unpaired) electrons. The average molecular weight is 538 g/mol. The summed E-state index contributed by atoms with van der Waals surface area (Å²) in [5.41, 5.74) is 0. The Balaban J connectivity index is 3.77. The van der Waals surface area contributed by atoms with E-state index in [0.717, 1.165) is 38.5 Å². The number of carbonyl (C=O) groups is 1. The standard InChI is InChI=1S/C33H63NO4/c1-3-5-7-9-11-13-14-15-16-17-18-20-22-24-26-28-32(37)34-30(29-35)33(38)31(36)27-25-23-21-19-12-10-8-6-4-2/h13-14,19,21,30-31,33,35-36,38H,3-12,15-18,20,22-29H2,1-2H3,(H,34,37)/b14-13-,21-19+. The summed E-state index contributed by atoms with van der Waals surface area (Å²) in [7, 11) is 0. The van der Waals surface area contributed by atoms with Gasteiger partial charge in [0.15, 0.2) is 0 Å². The SMILES string of the molecule is CCCCCC/C=C\CCCCCCCCCC(=O)NC(CO)C(O)C(O)CCC/C=C/CCCCCC. The van der Waals surface area contributed by atoms with Crippen LogP contribution in [0.2, 0.25) is 0 Å². The van der Waals surface area contributed by atoms with E-state index >= 15 is 0 Å². The van der Waals surface area contributed by atoms with Crippen LogP contribution in [0.3, 0.4) is 0 Å². The van der Waals surface area contributed by atoms with Crippen molar-refractivity contribution in [1.82, 2.24) is 5.32 Å². The molecular weight excluding hydrogens is 474 g/mol. The average Bonchev–Trinajstić information content (AvgIpc) is 2.92. The van der Waals surface area contributed by atoms with E-state index < -0.39 is 18.2 Å². The molecule has 3 atom stereocenters. The minimum Gasteiger partial charge on any atom is -0.394 e. The van der Waals surface area contributed by atoms with Gasteiger partial charge in [0.25, 0.3) is 0 Å². The molecule has 0 aromatic heterocycles. The number of hydrogen-bond acceptors (Lipinski definition) is 4. The Morgan fingerprint density at radius 3 is 1.53 bits per heavy atom. The number of amides is 1. The van der Waals surface area contributed by atoms with Crippen molar-refractivity contribution in [2.75, 3.05) is 6.61 Å². The van der Waals surface area contributed by atoms with Crippen molar-refractivity contribution in [3.8, 4) is 0 Å². The third kappa shape index (κ3) is 23.9. The van der Waals surface area contributed by atoms with E-state index in [2.05, 4.69) is 43.5 Å². The second-order valence-electron chi connectivity index (χ2n) is 11.0. The molecule has 0 aliphatic heterocycles. The smallest absolute Gasteiger partial charge is 0.220 e. The molecule has 0 fully saturated rings. The first-order valence-electron chi connectivity index (χ1n) is 16.1. The van der Waals surface area contributed by atoms with E-state index in [1.807, 2.05) is 0 Å². The Morgan fingerprint density at radius 2 is 1.05 bits per heavy atom. The largest absolute Gasteiger partial charge is 0.394 e. The van der Waals surface area contributed by atoms with Gasteiger partial charge in [0, 0.05) is 6.42 Å². The van der Waals surface area contributed by atoms with Crippen LogP contribution in [0.5, 0.6) is 0 Å². The third-order valence-corrected chi connectivity index (χ3v) is 7.28. The normalized spacial score (nSPS) is 14.3. The van der Waals surface area contributed by atoms with Gasteiger partial charge in [-0.2, -0.15) is 0 Å². The van der Waals surface area contributed by atoms with Gasteiger partial charge in [-0.05, 0) is 64.2 Å². The second-order valence-corrected chi connectivity index (χ2v) is 11.0. The molecule has 5 nitrogen and oxygen atoms in total. The predicted octanol–water partition coefficient (Wildman–Crippen LogP) is 7.92. The van der Waals surface area contributed by atoms with Crippen LogP contribution in [0.4, 0.5) is 0 Å². The maximum absolute atomic E-state index is 12.3. The van der Waals surface area contributed by atoms with Crippen molar-refractivity contribution in [2.24, 2.45) is 0 Å². The third-order valence-electron chi connectivity index (χ3n) is 7.28. The first kappa shape index (κ1) is 36.8. The number of nitrogens with one attached hydrogen (secondary N) is 1. The molecule has 0 saturated carbocycles. The highest BCUT2D eigenvalue weighted by Gasteiger charge is 2.26. The Labute approximate surface area is 235 Å². The van der Waals surface area contributed by atoms with Gasteiger partial charge < -0.3 is 20.6 Å². The maximum Gasteiger partial charge on any atom is 0.220 e. The Kier molecular flexibility index (Phi) is 27.9. The zero-order chi connectivity index (χ0) is 28.1. The lowest BCUT2D eigenvalue weighted by atomic mass is 10.0. The molecule has 0 aromatic rings. The van der Waals surface area contributed by atoms with Crippen LogP contribution in [0.15, 0.2) is 24.3 Å². The molecule has 0 heterocycles. The molecule has 0 aliphatic rings. The molecule has 4 N–H and O–H groups in total. The zero-order valence-corrected chi connectivity index (χ0v) is 25.1. The van der Waals surface area contributed by atoms with Crippen molar-refractivity contribution >= 4 is 5.91 Å². The van der Waals surface area contributed by atoms with Crippen molar-refractivity contribution in [1.29, 1.82) is 0 Å². The lowest BCUT2D eigenvalue weighted by Gasteiger charge is -2.26. The summed E-state index contributed by atoms with van der Waals surface area (Å²) in [5.74, 6) is -0.164. The molecule has 0 aliphatic carbocycles. The predicted molar refractivity (Wildman–Crippen MR) is 162 cm³/mol. The van der Waals surface area contributed by atoms with Gasteiger partial charge in [0.1, 0.15) is 6.10 Å². The summed E-state index contributed by atoms with van der Waals surface area (Å²) < 4.78 is 0. The van der Waals surface area contributed by atoms with E-state index in [0.29, 0.717) is 12.8 Å². The first-order valence-corrected chi connectivity index (χ1v) is 16.1. The topological polar surface area (TPSA) is 89.8 Å². The fraction of sp³-hybridized carbons (Fsp3) is 0.848. The molecule has 38 heavy (non-hydrogen) atoms. The number of aliphatic hydroxyl groups excluding tert-OH is 3. The van der Waals surface area contributed by atoms with Gasteiger partial charge in [-0.3, -0.25) is 4.79 Å². The van der Waals surface area contributed by atoms with Gasteiger partial charge in [-0.25, -0.2) is 0 Å². The van der Waals surface area contributed by atoms with E-state index in [1.54, 1.807) is 0 Å².